The van der Waals surface area contributed by atoms with Gasteiger partial charge in [0.1, 0.15) is 23.1 Å². The van der Waals surface area contributed by atoms with Crippen LogP contribution in [0.3, 0.4) is 0 Å². The Kier molecular flexibility index (Phi) is 7.55. The second kappa shape index (κ2) is 10.6. The zero-order valence-electron chi connectivity index (χ0n) is 18.6. The molecule has 6 nitrogen and oxygen atoms in total. The summed E-state index contributed by atoms with van der Waals surface area (Å²) in [6.45, 7) is 4.04. The third-order valence-corrected chi connectivity index (χ3v) is 7.30. The number of esters is 1. The number of amides is 1. The van der Waals surface area contributed by atoms with Crippen LogP contribution in [0.2, 0.25) is 0 Å². The number of rotatable bonds is 8. The first kappa shape index (κ1) is 23.6. The van der Waals surface area contributed by atoms with E-state index in [1.807, 2.05) is 38.1 Å². The van der Waals surface area contributed by atoms with Crippen molar-refractivity contribution in [1.82, 2.24) is 0 Å². The minimum absolute atomic E-state index is 0.164. The number of aryl methyl sites for hydroxylation is 1. The summed E-state index contributed by atoms with van der Waals surface area (Å²) in [5.41, 5.74) is 1.51. The van der Waals surface area contributed by atoms with Crippen molar-refractivity contribution in [3.8, 4) is 5.75 Å². The molecule has 3 aromatic rings. The number of carbonyl (C=O) groups is 2. The molecule has 1 aliphatic carbocycles. The summed E-state index contributed by atoms with van der Waals surface area (Å²) in [7, 11) is 0. The average Bonchev–Trinajstić information content (AvgIpc) is 3.43. The Morgan fingerprint density at radius 3 is 2.67 bits per heavy atom. The zero-order chi connectivity index (χ0) is 23.4. The first-order valence-corrected chi connectivity index (χ1v) is 12.7. The SMILES string of the molecule is CCC(C)OC(=O)c1c(NC(=O)c2ccc(COc3ccc(Br)cc3)o2)sc2c1CCCC2. The molecule has 0 spiro atoms. The van der Waals surface area contributed by atoms with E-state index >= 15 is 0 Å². The number of fused-ring (bicyclic) bond motifs is 1. The van der Waals surface area contributed by atoms with Gasteiger partial charge in [-0.1, -0.05) is 22.9 Å². The van der Waals surface area contributed by atoms with E-state index in [-0.39, 0.29) is 24.4 Å². The first-order valence-electron chi connectivity index (χ1n) is 11.1. The van der Waals surface area contributed by atoms with Crippen molar-refractivity contribution >= 4 is 44.1 Å². The fourth-order valence-corrected chi connectivity index (χ4v) is 5.16. The summed E-state index contributed by atoms with van der Waals surface area (Å²) in [5, 5.41) is 3.42. The second-order valence-electron chi connectivity index (χ2n) is 8.00. The summed E-state index contributed by atoms with van der Waals surface area (Å²) in [4.78, 5) is 27.0. The van der Waals surface area contributed by atoms with Crippen LogP contribution < -0.4 is 10.1 Å². The molecule has 33 heavy (non-hydrogen) atoms. The minimum Gasteiger partial charge on any atom is -0.486 e. The maximum atomic E-state index is 12.9. The number of furan rings is 1. The number of hydrogen-bond donors (Lipinski definition) is 1. The van der Waals surface area contributed by atoms with Crippen molar-refractivity contribution in [2.75, 3.05) is 5.32 Å². The van der Waals surface area contributed by atoms with Gasteiger partial charge in [-0.05, 0) is 81.0 Å². The highest BCUT2D eigenvalue weighted by Crippen LogP contribution is 2.39. The third-order valence-electron chi connectivity index (χ3n) is 5.57. The van der Waals surface area contributed by atoms with Crippen LogP contribution in [-0.2, 0) is 24.2 Å². The van der Waals surface area contributed by atoms with Gasteiger partial charge in [-0.3, -0.25) is 4.79 Å². The molecule has 0 saturated heterocycles. The molecule has 1 aromatic carbocycles. The average molecular weight is 532 g/mol. The molecule has 1 amide bonds. The van der Waals surface area contributed by atoms with E-state index in [1.165, 1.54) is 11.3 Å². The van der Waals surface area contributed by atoms with E-state index in [0.29, 0.717) is 22.1 Å². The first-order chi connectivity index (χ1) is 15.9. The Labute approximate surface area is 205 Å². The van der Waals surface area contributed by atoms with Gasteiger partial charge in [0.05, 0.1) is 11.7 Å². The second-order valence-corrected chi connectivity index (χ2v) is 10.0. The van der Waals surface area contributed by atoms with Gasteiger partial charge in [-0.15, -0.1) is 11.3 Å². The normalized spacial score (nSPS) is 13.8. The molecule has 2 aromatic heterocycles. The smallest absolute Gasteiger partial charge is 0.341 e. The summed E-state index contributed by atoms with van der Waals surface area (Å²) in [6, 6.07) is 10.8. The number of anilines is 1. The summed E-state index contributed by atoms with van der Waals surface area (Å²) >= 11 is 4.85. The topological polar surface area (TPSA) is 77.8 Å². The van der Waals surface area contributed by atoms with E-state index < -0.39 is 5.91 Å². The predicted molar refractivity (Wildman–Crippen MR) is 131 cm³/mol. The fraction of sp³-hybridized carbons (Fsp3) is 0.360. The predicted octanol–water partition coefficient (Wildman–Crippen LogP) is 6.77. The molecule has 1 N–H and O–H groups in total. The summed E-state index contributed by atoms with van der Waals surface area (Å²) < 4.78 is 18.0. The molecule has 4 rings (SSSR count). The number of halogens is 1. The van der Waals surface area contributed by atoms with Crippen LogP contribution in [-0.4, -0.2) is 18.0 Å². The lowest BCUT2D eigenvalue weighted by Gasteiger charge is -2.15. The molecule has 0 aliphatic heterocycles. The minimum atomic E-state index is -0.402. The molecule has 0 fully saturated rings. The van der Waals surface area contributed by atoms with Crippen LogP contribution >= 0.6 is 27.3 Å². The molecule has 1 atom stereocenters. The van der Waals surface area contributed by atoms with Gasteiger partial charge in [0.25, 0.3) is 5.91 Å². The Bertz CT molecular complexity index is 1130. The standard InChI is InChI=1S/C25H26BrNO5S/c1-3-15(2)31-25(29)22-19-6-4-5-7-21(19)33-24(22)27-23(28)20-13-12-18(32-20)14-30-17-10-8-16(26)9-11-17/h8-13,15H,3-7,14H2,1-2H3,(H,27,28). The van der Waals surface area contributed by atoms with Gasteiger partial charge in [-0.25, -0.2) is 4.79 Å². The van der Waals surface area contributed by atoms with E-state index in [2.05, 4.69) is 21.2 Å². The fourth-order valence-electron chi connectivity index (χ4n) is 3.62. The summed E-state index contributed by atoms with van der Waals surface area (Å²) in [5.74, 6) is 0.624. The Morgan fingerprint density at radius 2 is 1.91 bits per heavy atom. The molecule has 0 bridgehead atoms. The van der Waals surface area contributed by atoms with Crippen LogP contribution in [0.4, 0.5) is 5.00 Å². The van der Waals surface area contributed by atoms with Crippen molar-refractivity contribution in [1.29, 1.82) is 0 Å². The third kappa shape index (κ3) is 5.68. The van der Waals surface area contributed by atoms with Gasteiger partial charge >= 0.3 is 5.97 Å². The van der Waals surface area contributed by atoms with Gasteiger partial charge in [0.15, 0.2) is 5.76 Å². The monoisotopic (exact) mass is 531 g/mol. The Morgan fingerprint density at radius 1 is 1.15 bits per heavy atom. The van der Waals surface area contributed by atoms with Gasteiger partial charge in [0.2, 0.25) is 0 Å². The lowest BCUT2D eigenvalue weighted by molar-refractivity contribution is 0.0335. The molecule has 8 heteroatoms. The highest BCUT2D eigenvalue weighted by atomic mass is 79.9. The lowest BCUT2D eigenvalue weighted by atomic mass is 9.95. The zero-order valence-corrected chi connectivity index (χ0v) is 21.0. The van der Waals surface area contributed by atoms with E-state index in [1.54, 1.807) is 12.1 Å². The number of thiophene rings is 1. The van der Waals surface area contributed by atoms with Gasteiger partial charge < -0.3 is 19.2 Å². The Balaban J connectivity index is 1.47. The summed E-state index contributed by atoms with van der Waals surface area (Å²) in [6.07, 6.45) is 4.40. The van der Waals surface area contributed by atoms with Crippen molar-refractivity contribution in [2.24, 2.45) is 0 Å². The molecule has 2 heterocycles. The van der Waals surface area contributed by atoms with Gasteiger partial charge in [0, 0.05) is 9.35 Å². The van der Waals surface area contributed by atoms with Gasteiger partial charge in [-0.2, -0.15) is 0 Å². The molecular weight excluding hydrogens is 506 g/mol. The van der Waals surface area contributed by atoms with Crippen LogP contribution in [0.15, 0.2) is 45.3 Å². The highest BCUT2D eigenvalue weighted by Gasteiger charge is 2.28. The van der Waals surface area contributed by atoms with E-state index in [9.17, 15) is 9.59 Å². The number of nitrogens with one attached hydrogen (secondary N) is 1. The number of carbonyl (C=O) groups excluding carboxylic acids is 2. The van der Waals surface area contributed by atoms with Crippen LogP contribution in [0, 0.1) is 0 Å². The molecule has 174 valence electrons. The number of benzene rings is 1. The van der Waals surface area contributed by atoms with Crippen molar-refractivity contribution in [2.45, 2.75) is 58.7 Å². The van der Waals surface area contributed by atoms with Crippen molar-refractivity contribution in [3.63, 3.8) is 0 Å². The number of hydrogen-bond acceptors (Lipinski definition) is 6. The molecule has 1 unspecified atom stereocenters. The van der Waals surface area contributed by atoms with E-state index in [0.717, 1.165) is 47.0 Å². The quantitative estimate of drug-likeness (QED) is 0.324. The van der Waals surface area contributed by atoms with Crippen molar-refractivity contribution in [3.05, 3.63) is 68.4 Å². The molecule has 0 saturated carbocycles. The van der Waals surface area contributed by atoms with E-state index in [4.69, 9.17) is 13.9 Å². The van der Waals surface area contributed by atoms with Crippen LogP contribution in [0.1, 0.15) is 70.2 Å². The molecule has 0 radical (unpaired) electrons. The lowest BCUT2D eigenvalue weighted by Crippen LogP contribution is -2.18. The maximum absolute atomic E-state index is 12.9. The maximum Gasteiger partial charge on any atom is 0.341 e. The van der Waals surface area contributed by atoms with Crippen LogP contribution in [0.5, 0.6) is 5.75 Å². The highest BCUT2D eigenvalue weighted by molar-refractivity contribution is 9.10. The largest absolute Gasteiger partial charge is 0.486 e. The molecular formula is C25H26BrNO5S. The van der Waals surface area contributed by atoms with Crippen molar-refractivity contribution < 1.29 is 23.5 Å². The van der Waals surface area contributed by atoms with Crippen LogP contribution in [0.25, 0.3) is 0 Å². The molecule has 1 aliphatic rings. The number of ether oxygens (including phenoxy) is 2. The Hall–Kier alpha value is -2.58.